The molecule has 0 amide bonds. The summed E-state index contributed by atoms with van der Waals surface area (Å²) in [6.45, 7) is 6.49. The molecule has 0 radical (unpaired) electrons. The summed E-state index contributed by atoms with van der Waals surface area (Å²) in [6, 6.07) is 0. The molecule has 0 aliphatic carbocycles. The first-order valence-corrected chi connectivity index (χ1v) is 27.8. The third kappa shape index (κ3) is 51.9. The first kappa shape index (κ1) is 62.1. The summed E-state index contributed by atoms with van der Waals surface area (Å²) in [7, 11) is 0. The van der Waals surface area contributed by atoms with Gasteiger partial charge in [0, 0.05) is 19.3 Å². The Hall–Kier alpha value is -2.89. The van der Waals surface area contributed by atoms with Crippen LogP contribution in [0.3, 0.4) is 0 Å². The Balaban J connectivity index is 4.38. The molecule has 0 bridgehead atoms. The predicted molar refractivity (Wildman–Crippen MR) is 279 cm³/mol. The quantitative estimate of drug-likeness (QED) is 0.0199. The molecule has 0 saturated carbocycles. The van der Waals surface area contributed by atoms with Crippen LogP contribution in [0.1, 0.15) is 278 Å². The van der Waals surface area contributed by atoms with E-state index in [2.05, 4.69) is 51.2 Å². The lowest BCUT2D eigenvalue weighted by Gasteiger charge is -2.18. The number of carbonyl (C=O) groups is 3. The van der Waals surface area contributed by atoms with Crippen molar-refractivity contribution in [2.24, 2.45) is 0 Å². The average Bonchev–Trinajstić information content (AvgIpc) is 3.30. The molecule has 6 heteroatoms. The molecular weight excluding hydrogens is 805 g/mol. The number of rotatable bonds is 50. The van der Waals surface area contributed by atoms with E-state index >= 15 is 0 Å². The van der Waals surface area contributed by atoms with Crippen molar-refractivity contribution >= 4 is 17.9 Å². The molecule has 0 aromatic carbocycles. The van der Waals surface area contributed by atoms with Crippen molar-refractivity contribution in [2.45, 2.75) is 284 Å². The summed E-state index contributed by atoms with van der Waals surface area (Å²) in [5.74, 6) is -0.921. The molecule has 376 valence electrons. The van der Waals surface area contributed by atoms with Crippen LogP contribution in [0.15, 0.2) is 60.8 Å². The zero-order valence-electron chi connectivity index (χ0n) is 43.0. The summed E-state index contributed by atoms with van der Waals surface area (Å²) >= 11 is 0. The van der Waals surface area contributed by atoms with Crippen molar-refractivity contribution in [1.82, 2.24) is 0 Å². The third-order valence-corrected chi connectivity index (χ3v) is 12.1. The van der Waals surface area contributed by atoms with Crippen LogP contribution in [0, 0.1) is 0 Å². The van der Waals surface area contributed by atoms with Gasteiger partial charge in [-0.3, -0.25) is 14.4 Å². The molecule has 0 fully saturated rings. The molecule has 6 nitrogen and oxygen atoms in total. The van der Waals surface area contributed by atoms with Gasteiger partial charge in [-0.25, -0.2) is 0 Å². The van der Waals surface area contributed by atoms with E-state index in [0.717, 1.165) is 70.6 Å². The molecule has 0 spiro atoms. The molecule has 0 N–H and O–H groups in total. The fourth-order valence-corrected chi connectivity index (χ4v) is 7.92. The smallest absolute Gasteiger partial charge is 0.306 e. The van der Waals surface area contributed by atoms with Gasteiger partial charge in [0.2, 0.25) is 0 Å². The van der Waals surface area contributed by atoms with Gasteiger partial charge in [0.05, 0.1) is 0 Å². The van der Waals surface area contributed by atoms with E-state index in [4.69, 9.17) is 14.2 Å². The van der Waals surface area contributed by atoms with Gasteiger partial charge in [-0.1, -0.05) is 255 Å². The maximum Gasteiger partial charge on any atom is 0.306 e. The Kier molecular flexibility index (Phi) is 51.3. The van der Waals surface area contributed by atoms with Gasteiger partial charge in [0.15, 0.2) is 6.10 Å². The van der Waals surface area contributed by atoms with Crippen LogP contribution in [-0.4, -0.2) is 37.2 Å². The van der Waals surface area contributed by atoms with Gasteiger partial charge in [0.1, 0.15) is 13.2 Å². The van der Waals surface area contributed by atoms with Gasteiger partial charge in [-0.2, -0.15) is 0 Å². The van der Waals surface area contributed by atoms with Crippen LogP contribution < -0.4 is 0 Å². The Morgan fingerprint density at radius 2 is 0.615 bits per heavy atom. The highest BCUT2D eigenvalue weighted by molar-refractivity contribution is 5.71. The molecule has 65 heavy (non-hydrogen) atoms. The van der Waals surface area contributed by atoms with Crippen LogP contribution in [0.25, 0.3) is 0 Å². The number of hydrogen-bond acceptors (Lipinski definition) is 6. The van der Waals surface area contributed by atoms with Crippen LogP contribution in [0.5, 0.6) is 0 Å². The number of allylic oxidation sites excluding steroid dienone is 10. The normalized spacial score (nSPS) is 12.5. The molecule has 0 aliphatic rings. The number of esters is 3. The highest BCUT2D eigenvalue weighted by Crippen LogP contribution is 2.16. The molecular formula is C59H104O6. The maximum atomic E-state index is 12.8. The van der Waals surface area contributed by atoms with E-state index in [1.54, 1.807) is 0 Å². The van der Waals surface area contributed by atoms with Gasteiger partial charge in [-0.15, -0.1) is 0 Å². The van der Waals surface area contributed by atoms with Crippen LogP contribution in [0.4, 0.5) is 0 Å². The van der Waals surface area contributed by atoms with E-state index < -0.39 is 6.10 Å². The lowest BCUT2D eigenvalue weighted by molar-refractivity contribution is -0.167. The fraction of sp³-hybridized carbons (Fsp3) is 0.780. The zero-order valence-corrected chi connectivity index (χ0v) is 43.0. The summed E-state index contributed by atoms with van der Waals surface area (Å²) in [6.07, 6.45) is 66.4. The summed E-state index contributed by atoms with van der Waals surface area (Å²) in [4.78, 5) is 38.1. The van der Waals surface area contributed by atoms with E-state index in [-0.39, 0.29) is 31.1 Å². The molecule has 0 aromatic rings. The topological polar surface area (TPSA) is 78.9 Å². The second-order valence-corrected chi connectivity index (χ2v) is 18.6. The highest BCUT2D eigenvalue weighted by Gasteiger charge is 2.19. The standard InChI is InChI=1S/C59H104O6/c1-4-7-10-13-16-19-22-25-27-28-29-30-32-34-37-40-43-46-49-52-58(61)64-55-56(54-63-57(60)51-48-45-42-39-36-33-24-21-18-15-12-9-6-3)65-59(62)53-50-47-44-41-38-35-31-26-23-20-17-14-11-8-5-2/h9,12,15,18,21,24,28-29,33,36,56H,4-8,10-11,13-14,16-17,19-20,22-23,25-27,30-32,34-35,37-55H2,1-3H3/b12-9-,18-15-,24-21-,29-28-,36-33-. The van der Waals surface area contributed by atoms with Crippen LogP contribution in [-0.2, 0) is 28.6 Å². The molecule has 0 aromatic heterocycles. The maximum absolute atomic E-state index is 12.8. The van der Waals surface area contributed by atoms with E-state index in [1.165, 1.54) is 167 Å². The van der Waals surface area contributed by atoms with Crippen molar-refractivity contribution in [3.05, 3.63) is 60.8 Å². The predicted octanol–water partition coefficient (Wildman–Crippen LogP) is 18.4. The first-order valence-electron chi connectivity index (χ1n) is 27.8. The molecule has 0 heterocycles. The Morgan fingerprint density at radius 1 is 0.323 bits per heavy atom. The Morgan fingerprint density at radius 3 is 1.00 bits per heavy atom. The van der Waals surface area contributed by atoms with Gasteiger partial charge < -0.3 is 14.2 Å². The van der Waals surface area contributed by atoms with Crippen molar-refractivity contribution < 1.29 is 28.6 Å². The fourth-order valence-electron chi connectivity index (χ4n) is 7.92. The summed E-state index contributed by atoms with van der Waals surface area (Å²) in [5.41, 5.74) is 0. The minimum atomic E-state index is -0.789. The molecule has 1 atom stereocenters. The molecule has 0 rings (SSSR count). The second-order valence-electron chi connectivity index (χ2n) is 18.6. The first-order chi connectivity index (χ1) is 32.0. The van der Waals surface area contributed by atoms with E-state index in [9.17, 15) is 14.4 Å². The van der Waals surface area contributed by atoms with Crippen molar-refractivity contribution in [1.29, 1.82) is 0 Å². The Bertz CT molecular complexity index is 1180. The zero-order chi connectivity index (χ0) is 47.2. The minimum absolute atomic E-state index is 0.0870. The second kappa shape index (κ2) is 53.7. The van der Waals surface area contributed by atoms with Crippen LogP contribution >= 0.6 is 0 Å². The Labute approximate surface area is 402 Å². The van der Waals surface area contributed by atoms with Crippen molar-refractivity contribution in [3.8, 4) is 0 Å². The van der Waals surface area contributed by atoms with E-state index in [0.29, 0.717) is 19.3 Å². The number of unbranched alkanes of at least 4 members (excludes halogenated alkanes) is 32. The number of hydrogen-bond donors (Lipinski definition) is 0. The summed E-state index contributed by atoms with van der Waals surface area (Å²) in [5, 5.41) is 0. The van der Waals surface area contributed by atoms with Gasteiger partial charge in [0.25, 0.3) is 0 Å². The monoisotopic (exact) mass is 909 g/mol. The molecule has 1 unspecified atom stereocenters. The van der Waals surface area contributed by atoms with Crippen molar-refractivity contribution in [3.63, 3.8) is 0 Å². The molecule has 0 saturated heterocycles. The van der Waals surface area contributed by atoms with Crippen LogP contribution in [0.2, 0.25) is 0 Å². The largest absolute Gasteiger partial charge is 0.462 e. The molecule has 0 aliphatic heterocycles. The summed E-state index contributed by atoms with van der Waals surface area (Å²) < 4.78 is 16.8. The average molecular weight is 909 g/mol. The van der Waals surface area contributed by atoms with Gasteiger partial charge in [-0.05, 0) is 64.2 Å². The van der Waals surface area contributed by atoms with Crippen molar-refractivity contribution in [2.75, 3.05) is 13.2 Å². The van der Waals surface area contributed by atoms with Gasteiger partial charge >= 0.3 is 17.9 Å². The van der Waals surface area contributed by atoms with E-state index in [1.807, 2.05) is 30.4 Å². The third-order valence-electron chi connectivity index (χ3n) is 12.1. The SMILES string of the molecule is CC\C=C/C=C\C=C/C=C\CCCCCC(=O)OCC(COC(=O)CCCCCCCCC/C=C\CCCCCCCCCC)OC(=O)CCCCCCCCCCCCCCCCC. The lowest BCUT2D eigenvalue weighted by Crippen LogP contribution is -2.30. The highest BCUT2D eigenvalue weighted by atomic mass is 16.6. The minimum Gasteiger partial charge on any atom is -0.462 e. The number of ether oxygens (including phenoxy) is 3. The number of carbonyl (C=O) groups excluding carboxylic acids is 3. The lowest BCUT2D eigenvalue weighted by atomic mass is 10.0.